The minimum Gasteiger partial charge on any atom is -0.352 e. The number of carbonyl (C=O) groups is 1. The highest BCUT2D eigenvalue weighted by atomic mass is 16.2. The van der Waals surface area contributed by atoms with Gasteiger partial charge in [0.25, 0.3) is 0 Å². The van der Waals surface area contributed by atoms with Gasteiger partial charge in [0.1, 0.15) is 0 Å². The first kappa shape index (κ1) is 16.0. The molecule has 1 amide bonds. The molecule has 1 aliphatic heterocycles. The number of hydrogen-bond acceptors (Lipinski definition) is 2. The van der Waals surface area contributed by atoms with E-state index in [4.69, 9.17) is 0 Å². The molecule has 21 heavy (non-hydrogen) atoms. The van der Waals surface area contributed by atoms with Gasteiger partial charge in [-0.1, -0.05) is 37.6 Å². The number of hydrogen-bond donors (Lipinski definition) is 2. The Morgan fingerprint density at radius 2 is 2.19 bits per heavy atom. The monoisotopic (exact) mass is 288 g/mol. The van der Waals surface area contributed by atoms with E-state index in [0.717, 1.165) is 19.4 Å². The summed E-state index contributed by atoms with van der Waals surface area (Å²) in [6.45, 7) is 7.39. The van der Waals surface area contributed by atoms with Gasteiger partial charge in [0.15, 0.2) is 0 Å². The molecule has 0 saturated carbocycles. The largest absolute Gasteiger partial charge is 0.352 e. The van der Waals surface area contributed by atoms with Gasteiger partial charge < -0.3 is 10.6 Å². The van der Waals surface area contributed by atoms with Gasteiger partial charge in [-0.25, -0.2) is 0 Å². The fourth-order valence-electron chi connectivity index (χ4n) is 3.13. The summed E-state index contributed by atoms with van der Waals surface area (Å²) in [5.74, 6) is 0.850. The maximum absolute atomic E-state index is 12.4. The first-order chi connectivity index (χ1) is 10.1. The molecule has 3 heteroatoms. The van der Waals surface area contributed by atoms with Gasteiger partial charge in [0.2, 0.25) is 5.91 Å². The van der Waals surface area contributed by atoms with Crippen LogP contribution in [0.2, 0.25) is 0 Å². The minimum absolute atomic E-state index is 0.0111. The van der Waals surface area contributed by atoms with E-state index in [1.165, 1.54) is 24.0 Å². The molecule has 3 nitrogen and oxygen atoms in total. The van der Waals surface area contributed by atoms with E-state index in [1.54, 1.807) is 0 Å². The molecule has 1 fully saturated rings. The number of nitrogens with one attached hydrogen (secondary N) is 2. The van der Waals surface area contributed by atoms with Gasteiger partial charge >= 0.3 is 0 Å². The molecule has 1 heterocycles. The van der Waals surface area contributed by atoms with E-state index in [9.17, 15) is 4.79 Å². The lowest BCUT2D eigenvalue weighted by Crippen LogP contribution is -2.51. The van der Waals surface area contributed by atoms with Crippen molar-refractivity contribution < 1.29 is 4.79 Å². The van der Waals surface area contributed by atoms with Gasteiger partial charge in [-0.3, -0.25) is 4.79 Å². The van der Waals surface area contributed by atoms with E-state index in [2.05, 4.69) is 55.7 Å². The second-order valence-corrected chi connectivity index (χ2v) is 6.35. The smallest absolute Gasteiger partial charge is 0.237 e. The van der Waals surface area contributed by atoms with Crippen LogP contribution >= 0.6 is 0 Å². The molecule has 1 aromatic rings. The average Bonchev–Trinajstić information content (AvgIpc) is 2.49. The van der Waals surface area contributed by atoms with Crippen LogP contribution in [0.1, 0.15) is 44.2 Å². The van der Waals surface area contributed by atoms with Crippen LogP contribution in [-0.2, 0) is 11.2 Å². The Balaban J connectivity index is 1.86. The minimum atomic E-state index is -0.0111. The van der Waals surface area contributed by atoms with Crippen LogP contribution in [0, 0.1) is 12.8 Å². The first-order valence-electron chi connectivity index (χ1n) is 8.18. The van der Waals surface area contributed by atoms with E-state index in [0.29, 0.717) is 5.92 Å². The Morgan fingerprint density at radius 3 is 2.90 bits per heavy atom. The molecular weight excluding hydrogens is 260 g/mol. The third-order valence-electron chi connectivity index (χ3n) is 4.58. The molecule has 1 aliphatic rings. The molecule has 0 bridgehead atoms. The molecule has 3 atom stereocenters. The van der Waals surface area contributed by atoms with Crippen LogP contribution < -0.4 is 10.6 Å². The lowest BCUT2D eigenvalue weighted by molar-refractivity contribution is -0.124. The number of amides is 1. The summed E-state index contributed by atoms with van der Waals surface area (Å²) in [5, 5.41) is 6.52. The molecule has 2 N–H and O–H groups in total. The van der Waals surface area contributed by atoms with Gasteiger partial charge in [-0.15, -0.1) is 0 Å². The molecule has 1 saturated heterocycles. The number of piperidine rings is 1. The van der Waals surface area contributed by atoms with E-state index in [-0.39, 0.29) is 18.0 Å². The van der Waals surface area contributed by atoms with Crippen molar-refractivity contribution in [3.8, 4) is 0 Å². The summed E-state index contributed by atoms with van der Waals surface area (Å²) in [7, 11) is 0. The van der Waals surface area contributed by atoms with Gasteiger partial charge in [0.05, 0.1) is 6.04 Å². The quantitative estimate of drug-likeness (QED) is 0.875. The molecule has 3 unspecified atom stereocenters. The van der Waals surface area contributed by atoms with Crippen molar-refractivity contribution in [3.05, 3.63) is 35.4 Å². The maximum atomic E-state index is 12.4. The van der Waals surface area contributed by atoms with Gasteiger partial charge in [-0.05, 0) is 56.7 Å². The molecule has 116 valence electrons. The lowest BCUT2D eigenvalue weighted by Gasteiger charge is -2.30. The zero-order valence-electron chi connectivity index (χ0n) is 13.5. The van der Waals surface area contributed by atoms with Crippen molar-refractivity contribution in [2.75, 3.05) is 6.54 Å². The number of aryl methyl sites for hydroxylation is 1. The van der Waals surface area contributed by atoms with Crippen LogP contribution in [0.5, 0.6) is 0 Å². The topological polar surface area (TPSA) is 41.1 Å². The highest BCUT2D eigenvalue weighted by Gasteiger charge is 2.26. The summed E-state index contributed by atoms with van der Waals surface area (Å²) in [5.41, 5.74) is 2.61. The second-order valence-electron chi connectivity index (χ2n) is 6.35. The Morgan fingerprint density at radius 1 is 1.43 bits per heavy atom. The first-order valence-corrected chi connectivity index (χ1v) is 8.18. The van der Waals surface area contributed by atoms with E-state index < -0.39 is 0 Å². The summed E-state index contributed by atoms with van der Waals surface area (Å²) >= 11 is 0. The van der Waals surface area contributed by atoms with Gasteiger partial charge in [0, 0.05) is 6.04 Å². The summed E-state index contributed by atoms with van der Waals surface area (Å²) in [4.78, 5) is 12.4. The molecule has 0 aromatic heterocycles. The second kappa shape index (κ2) is 7.60. The van der Waals surface area contributed by atoms with Crippen molar-refractivity contribution in [1.82, 2.24) is 10.6 Å². The van der Waals surface area contributed by atoms with E-state index >= 15 is 0 Å². The van der Waals surface area contributed by atoms with Crippen molar-refractivity contribution >= 4 is 5.91 Å². The van der Waals surface area contributed by atoms with Crippen molar-refractivity contribution in [2.24, 2.45) is 5.92 Å². The summed E-state index contributed by atoms with van der Waals surface area (Å²) < 4.78 is 0. The molecule has 1 aromatic carbocycles. The highest BCUT2D eigenvalue weighted by molar-refractivity contribution is 5.82. The predicted octanol–water partition coefficient (Wildman–Crippen LogP) is 2.82. The standard InChI is InChI=1S/C18H28N2O/c1-4-15-9-10-19-17(12-15)18(21)20-14(3)11-16-8-6-5-7-13(16)2/h5-8,14-15,17,19H,4,9-12H2,1-3H3,(H,20,21). The number of benzene rings is 1. The van der Waals surface area contributed by atoms with Crippen molar-refractivity contribution in [2.45, 2.75) is 58.5 Å². The SMILES string of the molecule is CCC1CCNC(C(=O)NC(C)Cc2ccccc2C)C1. The van der Waals surface area contributed by atoms with Crippen LogP contribution in [0.4, 0.5) is 0 Å². The normalized spacial score (nSPS) is 23.6. The molecular formula is C18H28N2O. The Kier molecular flexibility index (Phi) is 5.80. The fourth-order valence-corrected chi connectivity index (χ4v) is 3.13. The van der Waals surface area contributed by atoms with E-state index in [1.807, 2.05) is 0 Å². The summed E-state index contributed by atoms with van der Waals surface area (Å²) in [6.07, 6.45) is 4.23. The van der Waals surface area contributed by atoms with Crippen molar-refractivity contribution in [1.29, 1.82) is 0 Å². The Labute approximate surface area is 128 Å². The molecule has 0 radical (unpaired) electrons. The Hall–Kier alpha value is -1.35. The lowest BCUT2D eigenvalue weighted by atomic mass is 9.90. The van der Waals surface area contributed by atoms with Gasteiger partial charge in [-0.2, -0.15) is 0 Å². The zero-order valence-corrected chi connectivity index (χ0v) is 13.5. The van der Waals surface area contributed by atoms with Crippen LogP contribution in [0.3, 0.4) is 0 Å². The third kappa shape index (κ3) is 4.57. The van der Waals surface area contributed by atoms with Crippen LogP contribution in [-0.4, -0.2) is 24.5 Å². The molecule has 2 rings (SSSR count). The van der Waals surface area contributed by atoms with Crippen LogP contribution in [0.25, 0.3) is 0 Å². The third-order valence-corrected chi connectivity index (χ3v) is 4.58. The predicted molar refractivity (Wildman–Crippen MR) is 87.3 cm³/mol. The Bertz CT molecular complexity index is 472. The fraction of sp³-hybridized carbons (Fsp3) is 0.611. The number of rotatable bonds is 5. The zero-order chi connectivity index (χ0) is 15.2. The van der Waals surface area contributed by atoms with Crippen molar-refractivity contribution in [3.63, 3.8) is 0 Å². The average molecular weight is 288 g/mol. The molecule has 0 spiro atoms. The highest BCUT2D eigenvalue weighted by Crippen LogP contribution is 2.19. The molecule has 0 aliphatic carbocycles. The van der Waals surface area contributed by atoms with Crippen LogP contribution in [0.15, 0.2) is 24.3 Å². The maximum Gasteiger partial charge on any atom is 0.237 e. The summed E-state index contributed by atoms with van der Waals surface area (Å²) in [6, 6.07) is 8.54. The number of carbonyl (C=O) groups excluding carboxylic acids is 1.